The molecule has 0 unspecified atom stereocenters. The highest BCUT2D eigenvalue weighted by atomic mass is 32.1. The van der Waals surface area contributed by atoms with Crippen LogP contribution in [0.3, 0.4) is 0 Å². The van der Waals surface area contributed by atoms with Gasteiger partial charge in [-0.2, -0.15) is 0 Å². The molecule has 0 aliphatic heterocycles. The summed E-state index contributed by atoms with van der Waals surface area (Å²) < 4.78 is 31.1. The zero-order valence-corrected chi connectivity index (χ0v) is 12.7. The van der Waals surface area contributed by atoms with Crippen molar-refractivity contribution in [3.63, 3.8) is 0 Å². The van der Waals surface area contributed by atoms with Gasteiger partial charge in [-0.3, -0.25) is 4.79 Å². The van der Waals surface area contributed by atoms with Gasteiger partial charge in [0.25, 0.3) is 5.91 Å². The minimum absolute atomic E-state index is 0.177. The quantitative estimate of drug-likeness (QED) is 0.851. The van der Waals surface area contributed by atoms with Gasteiger partial charge < -0.3 is 10.1 Å². The smallest absolute Gasteiger partial charge is 0.350 e. The molecular weight excluding hydrogens is 326 g/mol. The highest BCUT2D eigenvalue weighted by molar-refractivity contribution is 7.11. The SMILES string of the molecule is O=C(COC(=O)c1scnc1C1CC1)Nc1ccc(F)cc1F. The van der Waals surface area contributed by atoms with Crippen molar-refractivity contribution < 1.29 is 23.1 Å². The molecule has 3 rings (SSSR count). The van der Waals surface area contributed by atoms with Crippen LogP contribution in [0.25, 0.3) is 0 Å². The summed E-state index contributed by atoms with van der Waals surface area (Å²) in [5.41, 5.74) is 2.10. The normalized spacial score (nSPS) is 13.7. The Bertz CT molecular complexity index is 759. The van der Waals surface area contributed by atoms with Crippen molar-refractivity contribution in [1.82, 2.24) is 4.98 Å². The number of rotatable bonds is 5. The molecule has 1 amide bonds. The number of benzene rings is 1. The molecule has 1 heterocycles. The zero-order chi connectivity index (χ0) is 16.4. The Morgan fingerprint density at radius 2 is 2.13 bits per heavy atom. The Hall–Kier alpha value is -2.35. The molecule has 0 saturated heterocycles. The largest absolute Gasteiger partial charge is 0.451 e. The topological polar surface area (TPSA) is 68.3 Å². The molecule has 23 heavy (non-hydrogen) atoms. The lowest BCUT2D eigenvalue weighted by Crippen LogP contribution is -2.21. The number of ether oxygens (including phenoxy) is 1. The van der Waals surface area contributed by atoms with Crippen LogP contribution in [0.2, 0.25) is 0 Å². The average Bonchev–Trinajstić information content (AvgIpc) is 3.24. The fraction of sp³-hybridized carbons (Fsp3) is 0.267. The molecule has 0 bridgehead atoms. The van der Waals surface area contributed by atoms with Gasteiger partial charge in [0.2, 0.25) is 0 Å². The first-order valence-corrected chi connectivity index (χ1v) is 7.78. The fourth-order valence-electron chi connectivity index (χ4n) is 2.03. The van der Waals surface area contributed by atoms with Gasteiger partial charge in [-0.1, -0.05) is 0 Å². The van der Waals surface area contributed by atoms with E-state index in [0.29, 0.717) is 22.6 Å². The number of amides is 1. The van der Waals surface area contributed by atoms with Crippen LogP contribution in [0.15, 0.2) is 23.7 Å². The van der Waals surface area contributed by atoms with Crippen LogP contribution in [0, 0.1) is 11.6 Å². The van der Waals surface area contributed by atoms with E-state index in [2.05, 4.69) is 10.3 Å². The molecule has 0 radical (unpaired) electrons. The first-order chi connectivity index (χ1) is 11.0. The number of carbonyl (C=O) groups is 2. The second-order valence-electron chi connectivity index (χ2n) is 5.09. The molecule has 1 fully saturated rings. The number of thiazole rings is 1. The number of esters is 1. The van der Waals surface area contributed by atoms with E-state index in [1.807, 2.05) is 0 Å². The summed E-state index contributed by atoms with van der Waals surface area (Å²) in [6.07, 6.45) is 1.99. The Balaban J connectivity index is 1.56. The predicted octanol–water partition coefficient (Wildman–Crippen LogP) is 3.09. The van der Waals surface area contributed by atoms with E-state index in [-0.39, 0.29) is 5.69 Å². The highest BCUT2D eigenvalue weighted by Gasteiger charge is 2.31. The molecule has 8 heteroatoms. The van der Waals surface area contributed by atoms with Gasteiger partial charge in [0.05, 0.1) is 16.9 Å². The number of nitrogens with zero attached hydrogens (tertiary/aromatic N) is 1. The maximum atomic E-state index is 13.4. The van der Waals surface area contributed by atoms with Crippen molar-refractivity contribution in [3.8, 4) is 0 Å². The molecule has 0 spiro atoms. The third kappa shape index (κ3) is 3.70. The van der Waals surface area contributed by atoms with Crippen LogP contribution in [0.5, 0.6) is 0 Å². The van der Waals surface area contributed by atoms with Crippen molar-refractivity contribution >= 4 is 28.9 Å². The first kappa shape index (κ1) is 15.5. The lowest BCUT2D eigenvalue weighted by molar-refractivity contribution is -0.119. The molecule has 0 atom stereocenters. The summed E-state index contributed by atoms with van der Waals surface area (Å²) in [6.45, 7) is -0.558. The molecule has 1 aromatic carbocycles. The molecule has 1 aliphatic carbocycles. The van der Waals surface area contributed by atoms with E-state index in [1.54, 1.807) is 5.51 Å². The number of hydrogen-bond acceptors (Lipinski definition) is 5. The molecule has 120 valence electrons. The van der Waals surface area contributed by atoms with Gasteiger partial charge in [-0.25, -0.2) is 18.6 Å². The molecule has 1 aromatic heterocycles. The molecule has 1 saturated carbocycles. The molecule has 2 aromatic rings. The third-order valence-corrected chi connectivity index (χ3v) is 4.11. The predicted molar refractivity (Wildman–Crippen MR) is 79.4 cm³/mol. The van der Waals surface area contributed by atoms with Gasteiger partial charge in [0.1, 0.15) is 16.5 Å². The van der Waals surface area contributed by atoms with Crippen LogP contribution >= 0.6 is 11.3 Å². The van der Waals surface area contributed by atoms with Gasteiger partial charge in [0, 0.05) is 12.0 Å². The highest BCUT2D eigenvalue weighted by Crippen LogP contribution is 2.41. The number of halogens is 2. The standard InChI is InChI=1S/C15H12F2N2O3S/c16-9-3-4-11(10(17)5-9)19-12(20)6-22-15(21)14-13(8-1-2-8)18-7-23-14/h3-5,7-8H,1-2,6H2,(H,19,20). The summed E-state index contributed by atoms with van der Waals surface area (Å²) in [5, 5.41) is 2.22. The van der Waals surface area contributed by atoms with Crippen LogP contribution in [0.1, 0.15) is 34.1 Å². The summed E-state index contributed by atoms with van der Waals surface area (Å²) in [4.78, 5) is 28.2. The van der Waals surface area contributed by atoms with Crippen LogP contribution in [0.4, 0.5) is 14.5 Å². The lowest BCUT2D eigenvalue weighted by Gasteiger charge is -2.07. The van der Waals surface area contributed by atoms with Crippen molar-refractivity contribution in [3.05, 3.63) is 45.9 Å². The van der Waals surface area contributed by atoms with Crippen molar-refractivity contribution in [2.45, 2.75) is 18.8 Å². The van der Waals surface area contributed by atoms with E-state index < -0.39 is 30.1 Å². The van der Waals surface area contributed by atoms with Gasteiger partial charge in [-0.15, -0.1) is 11.3 Å². The van der Waals surface area contributed by atoms with Crippen molar-refractivity contribution in [2.24, 2.45) is 0 Å². The lowest BCUT2D eigenvalue weighted by atomic mass is 10.2. The van der Waals surface area contributed by atoms with E-state index in [9.17, 15) is 18.4 Å². The Labute approximate surface area is 134 Å². The average molecular weight is 338 g/mol. The van der Waals surface area contributed by atoms with E-state index in [4.69, 9.17) is 4.74 Å². The van der Waals surface area contributed by atoms with Crippen LogP contribution in [-0.2, 0) is 9.53 Å². The monoisotopic (exact) mass is 338 g/mol. The van der Waals surface area contributed by atoms with Crippen molar-refractivity contribution in [2.75, 3.05) is 11.9 Å². The molecule has 1 aliphatic rings. The molecular formula is C15H12F2N2O3S. The van der Waals surface area contributed by atoms with E-state index in [0.717, 1.165) is 25.0 Å². The number of hydrogen-bond donors (Lipinski definition) is 1. The summed E-state index contributed by atoms with van der Waals surface area (Å²) >= 11 is 1.17. The number of aromatic nitrogens is 1. The Morgan fingerprint density at radius 1 is 1.35 bits per heavy atom. The number of carbonyl (C=O) groups excluding carboxylic acids is 2. The molecule has 5 nitrogen and oxygen atoms in total. The zero-order valence-electron chi connectivity index (χ0n) is 11.8. The van der Waals surface area contributed by atoms with Gasteiger partial charge >= 0.3 is 5.97 Å². The summed E-state index contributed by atoms with van der Waals surface area (Å²) in [7, 11) is 0. The fourth-order valence-corrected chi connectivity index (χ4v) is 2.80. The van der Waals surface area contributed by atoms with Crippen molar-refractivity contribution in [1.29, 1.82) is 0 Å². The number of anilines is 1. The third-order valence-electron chi connectivity index (χ3n) is 3.28. The second-order valence-corrected chi connectivity index (χ2v) is 5.94. The van der Waals surface area contributed by atoms with Gasteiger partial charge in [0.15, 0.2) is 6.61 Å². The summed E-state index contributed by atoms with van der Waals surface area (Å²) in [5.74, 6) is -2.68. The second kappa shape index (κ2) is 6.41. The van der Waals surface area contributed by atoms with Crippen LogP contribution in [-0.4, -0.2) is 23.5 Å². The maximum absolute atomic E-state index is 13.4. The maximum Gasteiger partial charge on any atom is 0.350 e. The Morgan fingerprint density at radius 3 is 2.83 bits per heavy atom. The Kier molecular flexibility index (Phi) is 4.33. The van der Waals surface area contributed by atoms with Gasteiger partial charge in [-0.05, 0) is 25.0 Å². The minimum Gasteiger partial charge on any atom is -0.451 e. The van der Waals surface area contributed by atoms with E-state index >= 15 is 0 Å². The number of nitrogens with one attached hydrogen (secondary N) is 1. The molecule has 1 N–H and O–H groups in total. The first-order valence-electron chi connectivity index (χ1n) is 6.90. The van der Waals surface area contributed by atoms with E-state index in [1.165, 1.54) is 11.3 Å². The minimum atomic E-state index is -0.900. The summed E-state index contributed by atoms with van der Waals surface area (Å²) in [6, 6.07) is 2.77. The van der Waals surface area contributed by atoms with Crippen LogP contribution < -0.4 is 5.32 Å².